The fourth-order valence-electron chi connectivity index (χ4n) is 1.78. The van der Waals surface area contributed by atoms with Crippen molar-refractivity contribution in [1.29, 1.82) is 0 Å². The molecule has 0 aliphatic carbocycles. The Kier molecular flexibility index (Phi) is 4.42. The minimum atomic E-state index is -2.19. The van der Waals surface area contributed by atoms with E-state index in [-0.39, 0.29) is 5.69 Å². The summed E-state index contributed by atoms with van der Waals surface area (Å²) in [6.07, 6.45) is 0.614. The number of benzene rings is 2. The molecule has 0 aromatic heterocycles. The van der Waals surface area contributed by atoms with E-state index in [9.17, 15) is 22.0 Å². The maximum atomic E-state index is 13.5. The summed E-state index contributed by atoms with van der Waals surface area (Å²) in [7, 11) is 0. The zero-order chi connectivity index (χ0) is 15.6. The van der Waals surface area contributed by atoms with Gasteiger partial charge >= 0.3 is 0 Å². The number of anilines is 2. The zero-order valence-corrected chi connectivity index (χ0v) is 10.7. The van der Waals surface area contributed by atoms with Crippen molar-refractivity contribution >= 4 is 11.4 Å². The highest BCUT2D eigenvalue weighted by Gasteiger charge is 2.25. The molecular weight excluding hydrogens is 291 g/mol. The van der Waals surface area contributed by atoms with Crippen molar-refractivity contribution in [2.45, 2.75) is 6.42 Å². The maximum Gasteiger partial charge on any atom is 0.200 e. The summed E-state index contributed by atoms with van der Waals surface area (Å²) in [5.41, 5.74) is 5.37. The SMILES string of the molecule is NCCc1ccc(Nc2c(F)c(F)c(F)c(F)c2F)cc1. The molecule has 2 rings (SSSR count). The molecule has 3 N–H and O–H groups in total. The molecule has 0 spiro atoms. The van der Waals surface area contributed by atoms with Crippen LogP contribution < -0.4 is 11.1 Å². The third kappa shape index (κ3) is 2.97. The lowest BCUT2D eigenvalue weighted by atomic mass is 10.1. The van der Waals surface area contributed by atoms with E-state index in [1.54, 1.807) is 12.1 Å². The maximum absolute atomic E-state index is 13.5. The van der Waals surface area contributed by atoms with Gasteiger partial charge in [-0.15, -0.1) is 0 Å². The number of halogens is 5. The minimum absolute atomic E-state index is 0.193. The molecule has 0 aliphatic heterocycles. The van der Waals surface area contributed by atoms with E-state index in [1.807, 2.05) is 0 Å². The van der Waals surface area contributed by atoms with Crippen LogP contribution in [0.3, 0.4) is 0 Å². The summed E-state index contributed by atoms with van der Waals surface area (Å²) in [6, 6.07) is 6.20. The fourth-order valence-corrected chi connectivity index (χ4v) is 1.78. The molecule has 0 radical (unpaired) electrons. The summed E-state index contributed by atoms with van der Waals surface area (Å²) in [5.74, 6) is -9.98. The fraction of sp³-hybridized carbons (Fsp3) is 0.143. The van der Waals surface area contributed by atoms with Gasteiger partial charge < -0.3 is 11.1 Å². The Labute approximate surface area is 117 Å². The van der Waals surface area contributed by atoms with Gasteiger partial charge in [0, 0.05) is 5.69 Å². The average molecular weight is 302 g/mol. The molecule has 21 heavy (non-hydrogen) atoms. The molecule has 0 bridgehead atoms. The van der Waals surface area contributed by atoms with E-state index in [2.05, 4.69) is 5.32 Å². The highest BCUT2D eigenvalue weighted by atomic mass is 19.2. The topological polar surface area (TPSA) is 38.0 Å². The molecule has 0 fully saturated rings. The van der Waals surface area contributed by atoms with Gasteiger partial charge in [0.25, 0.3) is 0 Å². The van der Waals surface area contributed by atoms with Crippen LogP contribution in [0, 0.1) is 29.1 Å². The summed E-state index contributed by atoms with van der Waals surface area (Å²) in [5, 5.41) is 2.19. The van der Waals surface area contributed by atoms with E-state index in [0.717, 1.165) is 5.56 Å². The second-order valence-electron chi connectivity index (χ2n) is 4.31. The standard InChI is InChI=1S/C14H11F5N2/c15-9-10(16)12(18)14(13(19)11(9)17)21-8-3-1-7(2-4-8)5-6-20/h1-4,21H,5-6,20H2. The lowest BCUT2D eigenvalue weighted by Gasteiger charge is -2.11. The van der Waals surface area contributed by atoms with E-state index < -0.39 is 34.8 Å². The van der Waals surface area contributed by atoms with Crippen LogP contribution in [-0.4, -0.2) is 6.54 Å². The lowest BCUT2D eigenvalue weighted by Crippen LogP contribution is -2.07. The van der Waals surface area contributed by atoms with Crippen LogP contribution in [0.4, 0.5) is 33.3 Å². The van der Waals surface area contributed by atoms with E-state index in [4.69, 9.17) is 5.73 Å². The Morgan fingerprint density at radius 3 is 1.71 bits per heavy atom. The normalized spacial score (nSPS) is 10.8. The van der Waals surface area contributed by atoms with Crippen molar-refractivity contribution in [2.75, 3.05) is 11.9 Å². The predicted octanol–water partition coefficient (Wildman–Crippen LogP) is 3.63. The molecular formula is C14H11F5N2. The van der Waals surface area contributed by atoms with E-state index in [0.29, 0.717) is 13.0 Å². The lowest BCUT2D eigenvalue weighted by molar-refractivity contribution is 0.382. The zero-order valence-electron chi connectivity index (χ0n) is 10.7. The minimum Gasteiger partial charge on any atom is -0.351 e. The summed E-state index contributed by atoms with van der Waals surface area (Å²) >= 11 is 0. The average Bonchev–Trinajstić information content (AvgIpc) is 2.49. The van der Waals surface area contributed by atoms with E-state index >= 15 is 0 Å². The smallest absolute Gasteiger partial charge is 0.200 e. The highest BCUT2D eigenvalue weighted by Crippen LogP contribution is 2.29. The number of rotatable bonds is 4. The van der Waals surface area contributed by atoms with Crippen molar-refractivity contribution in [1.82, 2.24) is 0 Å². The second-order valence-corrected chi connectivity index (χ2v) is 4.31. The van der Waals surface area contributed by atoms with Gasteiger partial charge in [-0.2, -0.15) is 0 Å². The van der Waals surface area contributed by atoms with Gasteiger partial charge in [0.1, 0.15) is 5.69 Å². The van der Waals surface area contributed by atoms with Crippen LogP contribution in [0.25, 0.3) is 0 Å². The van der Waals surface area contributed by atoms with Gasteiger partial charge in [0.2, 0.25) is 5.82 Å². The quantitative estimate of drug-likeness (QED) is 0.514. The van der Waals surface area contributed by atoms with Crippen LogP contribution in [0.15, 0.2) is 24.3 Å². The molecule has 0 saturated heterocycles. The van der Waals surface area contributed by atoms with Crippen molar-refractivity contribution in [3.8, 4) is 0 Å². The van der Waals surface area contributed by atoms with Gasteiger partial charge in [-0.25, -0.2) is 22.0 Å². The molecule has 0 atom stereocenters. The Morgan fingerprint density at radius 2 is 1.24 bits per heavy atom. The van der Waals surface area contributed by atoms with Gasteiger partial charge in [-0.3, -0.25) is 0 Å². The van der Waals surface area contributed by atoms with Gasteiger partial charge in [-0.05, 0) is 30.7 Å². The van der Waals surface area contributed by atoms with Gasteiger partial charge in [0.15, 0.2) is 23.3 Å². The van der Waals surface area contributed by atoms with Crippen molar-refractivity contribution < 1.29 is 22.0 Å². The largest absolute Gasteiger partial charge is 0.351 e. The molecule has 0 saturated carbocycles. The van der Waals surface area contributed by atoms with Gasteiger partial charge in [0.05, 0.1) is 0 Å². The number of hydrogen-bond donors (Lipinski definition) is 2. The highest BCUT2D eigenvalue weighted by molar-refractivity contribution is 5.61. The Hall–Kier alpha value is -2.15. The predicted molar refractivity (Wildman–Crippen MR) is 68.7 cm³/mol. The number of hydrogen-bond acceptors (Lipinski definition) is 2. The van der Waals surface area contributed by atoms with Crippen molar-refractivity contribution in [3.63, 3.8) is 0 Å². The van der Waals surface area contributed by atoms with Crippen LogP contribution in [0.5, 0.6) is 0 Å². The monoisotopic (exact) mass is 302 g/mol. The molecule has 2 aromatic carbocycles. The van der Waals surface area contributed by atoms with Crippen molar-refractivity contribution in [2.24, 2.45) is 5.73 Å². The first-order chi connectivity index (χ1) is 9.95. The van der Waals surface area contributed by atoms with E-state index in [1.165, 1.54) is 12.1 Å². The summed E-state index contributed by atoms with van der Waals surface area (Å²) in [4.78, 5) is 0. The molecule has 112 valence electrons. The first kappa shape index (κ1) is 15.2. The first-order valence-electron chi connectivity index (χ1n) is 6.03. The first-order valence-corrected chi connectivity index (χ1v) is 6.03. The number of nitrogens with one attached hydrogen (secondary N) is 1. The molecule has 0 unspecified atom stereocenters. The third-order valence-corrected chi connectivity index (χ3v) is 2.87. The molecule has 0 amide bonds. The third-order valence-electron chi connectivity index (χ3n) is 2.87. The van der Waals surface area contributed by atoms with Gasteiger partial charge in [-0.1, -0.05) is 12.1 Å². The molecule has 0 aliphatic rings. The summed E-state index contributed by atoms with van der Waals surface area (Å²) in [6.45, 7) is 0.435. The second kappa shape index (κ2) is 6.09. The van der Waals surface area contributed by atoms with Crippen LogP contribution in [0.2, 0.25) is 0 Å². The molecule has 0 heterocycles. The molecule has 2 aromatic rings. The number of nitrogens with two attached hydrogens (primary N) is 1. The Balaban J connectivity index is 2.35. The molecule has 7 heteroatoms. The van der Waals surface area contributed by atoms with Crippen molar-refractivity contribution in [3.05, 3.63) is 58.9 Å². The van der Waals surface area contributed by atoms with Crippen LogP contribution in [0.1, 0.15) is 5.56 Å². The Bertz CT molecular complexity index is 626. The summed E-state index contributed by atoms with van der Waals surface area (Å²) < 4.78 is 66.0. The van der Waals surface area contributed by atoms with Crippen LogP contribution in [-0.2, 0) is 6.42 Å². The molecule has 2 nitrogen and oxygen atoms in total. The Morgan fingerprint density at radius 1 is 0.762 bits per heavy atom. The van der Waals surface area contributed by atoms with Crippen LogP contribution >= 0.6 is 0 Å².